The van der Waals surface area contributed by atoms with E-state index < -0.39 is 6.10 Å². The lowest BCUT2D eigenvalue weighted by molar-refractivity contribution is -0.165. The fraction of sp³-hybridized carbons (Fsp3) is 0.174. The maximum atomic E-state index is 13.2. The van der Waals surface area contributed by atoms with E-state index in [0.29, 0.717) is 23.8 Å². The number of amides is 1. The smallest absolute Gasteiger partial charge is 0.267 e. The molecule has 5 rings (SSSR count). The fourth-order valence-corrected chi connectivity index (χ4v) is 3.69. The molecule has 3 aromatic carbocycles. The van der Waals surface area contributed by atoms with Crippen molar-refractivity contribution in [3.8, 4) is 17.2 Å². The van der Waals surface area contributed by atoms with Gasteiger partial charge < -0.3 is 19.1 Å². The van der Waals surface area contributed by atoms with Crippen molar-refractivity contribution in [1.82, 2.24) is 4.90 Å². The third-order valence-corrected chi connectivity index (χ3v) is 5.16. The molecule has 0 aromatic heterocycles. The molecule has 2 atom stereocenters. The second-order valence-electron chi connectivity index (χ2n) is 7.00. The van der Waals surface area contributed by atoms with Crippen LogP contribution in [0.2, 0.25) is 0 Å². The average Bonchev–Trinajstić information content (AvgIpc) is 3.22. The van der Waals surface area contributed by atoms with Gasteiger partial charge in [0.1, 0.15) is 17.6 Å². The zero-order chi connectivity index (χ0) is 19.8. The van der Waals surface area contributed by atoms with Gasteiger partial charge >= 0.3 is 0 Å². The van der Waals surface area contributed by atoms with Crippen LogP contribution in [0.5, 0.6) is 17.2 Å². The largest absolute Gasteiger partial charge is 0.478 e. The lowest BCUT2D eigenvalue weighted by atomic mass is 9.89. The Balaban J connectivity index is 1.45. The Labute approximate surface area is 167 Å². The molecule has 0 radical (unpaired) electrons. The summed E-state index contributed by atoms with van der Waals surface area (Å²) in [5, 5.41) is 0. The Morgan fingerprint density at radius 1 is 0.966 bits per heavy atom. The minimum absolute atomic E-state index is 0.110. The Bertz CT molecular complexity index is 1040. The highest BCUT2D eigenvalue weighted by Gasteiger charge is 2.50. The Hall–Kier alpha value is -3.54. The molecule has 1 amide bonds. The first-order valence-electron chi connectivity index (χ1n) is 9.35. The lowest BCUT2D eigenvalue weighted by Crippen LogP contribution is -2.60. The van der Waals surface area contributed by atoms with E-state index in [-0.39, 0.29) is 24.6 Å². The summed E-state index contributed by atoms with van der Waals surface area (Å²) in [7, 11) is 0. The van der Waals surface area contributed by atoms with Gasteiger partial charge in [-0.25, -0.2) is 4.39 Å². The van der Waals surface area contributed by atoms with Crippen molar-refractivity contribution in [3.63, 3.8) is 0 Å². The number of carbonyl (C=O) groups excluding carboxylic acids is 1. The van der Waals surface area contributed by atoms with Crippen LogP contribution >= 0.6 is 0 Å². The average molecular weight is 391 g/mol. The predicted octanol–water partition coefficient (Wildman–Crippen LogP) is 4.09. The molecule has 0 N–H and O–H groups in total. The first-order chi connectivity index (χ1) is 14.2. The van der Waals surface area contributed by atoms with Gasteiger partial charge in [0, 0.05) is 6.54 Å². The van der Waals surface area contributed by atoms with E-state index in [4.69, 9.17) is 14.2 Å². The van der Waals surface area contributed by atoms with Crippen LogP contribution in [-0.2, 0) is 11.3 Å². The molecule has 1 saturated heterocycles. The molecule has 0 spiro atoms. The fourth-order valence-electron chi connectivity index (χ4n) is 3.69. The molecule has 1 fully saturated rings. The number of likely N-dealkylation sites (tertiary alicyclic amines) is 1. The molecule has 6 heteroatoms. The third-order valence-electron chi connectivity index (χ3n) is 5.16. The van der Waals surface area contributed by atoms with Crippen molar-refractivity contribution in [2.24, 2.45) is 0 Å². The van der Waals surface area contributed by atoms with E-state index in [2.05, 4.69) is 0 Å². The molecule has 2 aliphatic heterocycles. The topological polar surface area (TPSA) is 48.0 Å². The molecule has 0 unspecified atom stereocenters. The zero-order valence-corrected chi connectivity index (χ0v) is 15.5. The van der Waals surface area contributed by atoms with Gasteiger partial charge in [0.25, 0.3) is 5.91 Å². The minimum Gasteiger partial charge on any atom is -0.478 e. The maximum Gasteiger partial charge on any atom is 0.267 e. The van der Waals surface area contributed by atoms with E-state index in [1.165, 1.54) is 12.1 Å². The van der Waals surface area contributed by atoms with Gasteiger partial charge in [0.2, 0.25) is 12.9 Å². The molecule has 146 valence electrons. The SMILES string of the molecule is O=C1[C@H](Oc2ccccc2)[C@H](c2ccc3c(c2)OCO3)N1Cc1ccc(F)cc1. The molecule has 0 bridgehead atoms. The van der Waals surface area contributed by atoms with E-state index in [1.54, 1.807) is 17.0 Å². The van der Waals surface area contributed by atoms with Crippen molar-refractivity contribution in [2.45, 2.75) is 18.7 Å². The van der Waals surface area contributed by atoms with Crippen molar-refractivity contribution in [3.05, 3.63) is 89.7 Å². The number of para-hydroxylation sites is 1. The monoisotopic (exact) mass is 391 g/mol. The molecule has 2 aliphatic rings. The maximum absolute atomic E-state index is 13.2. The number of β-lactam (4-membered cyclic amide) rings is 1. The molecular weight excluding hydrogens is 373 g/mol. The van der Waals surface area contributed by atoms with E-state index >= 15 is 0 Å². The summed E-state index contributed by atoms with van der Waals surface area (Å²) in [6.45, 7) is 0.554. The van der Waals surface area contributed by atoms with Crippen LogP contribution in [0.4, 0.5) is 4.39 Å². The van der Waals surface area contributed by atoms with Crippen molar-refractivity contribution >= 4 is 5.91 Å². The van der Waals surface area contributed by atoms with Crippen molar-refractivity contribution in [1.29, 1.82) is 0 Å². The minimum atomic E-state index is -0.641. The third kappa shape index (κ3) is 3.27. The number of ether oxygens (including phenoxy) is 3. The first-order valence-corrected chi connectivity index (χ1v) is 9.35. The normalized spacial score (nSPS) is 19.8. The number of hydrogen-bond donors (Lipinski definition) is 0. The van der Waals surface area contributed by atoms with Gasteiger partial charge in [0.05, 0.1) is 0 Å². The molecule has 2 heterocycles. The first kappa shape index (κ1) is 17.6. The Morgan fingerprint density at radius 2 is 1.72 bits per heavy atom. The molecular formula is C23H18FNO4. The van der Waals surface area contributed by atoms with Crippen molar-refractivity contribution < 1.29 is 23.4 Å². The molecule has 5 nitrogen and oxygen atoms in total. The number of fused-ring (bicyclic) bond motifs is 1. The van der Waals surface area contributed by atoms with Crippen LogP contribution in [-0.4, -0.2) is 23.7 Å². The molecule has 0 aliphatic carbocycles. The number of hydrogen-bond acceptors (Lipinski definition) is 4. The number of carbonyl (C=O) groups is 1. The second-order valence-corrected chi connectivity index (χ2v) is 7.00. The number of rotatable bonds is 5. The van der Waals surface area contributed by atoms with Crippen LogP contribution in [0.3, 0.4) is 0 Å². The summed E-state index contributed by atoms with van der Waals surface area (Å²) in [4.78, 5) is 14.7. The summed E-state index contributed by atoms with van der Waals surface area (Å²) < 4.78 is 30.1. The van der Waals surface area contributed by atoms with E-state index in [0.717, 1.165) is 11.1 Å². The van der Waals surface area contributed by atoms with Gasteiger partial charge in [-0.2, -0.15) is 0 Å². The van der Waals surface area contributed by atoms with Gasteiger partial charge in [-0.3, -0.25) is 4.79 Å². The predicted molar refractivity (Wildman–Crippen MR) is 103 cm³/mol. The van der Waals surface area contributed by atoms with E-state index in [1.807, 2.05) is 48.5 Å². The van der Waals surface area contributed by atoms with Gasteiger partial charge in [0.15, 0.2) is 11.5 Å². The van der Waals surface area contributed by atoms with Crippen molar-refractivity contribution in [2.75, 3.05) is 6.79 Å². The number of halogens is 1. The highest BCUT2D eigenvalue weighted by molar-refractivity contribution is 5.89. The summed E-state index contributed by atoms with van der Waals surface area (Å²) in [6, 6.07) is 20.8. The van der Waals surface area contributed by atoms with Crippen LogP contribution in [0, 0.1) is 5.82 Å². The Morgan fingerprint density at radius 3 is 2.52 bits per heavy atom. The summed E-state index contributed by atoms with van der Waals surface area (Å²) in [5.41, 5.74) is 1.75. The van der Waals surface area contributed by atoms with E-state index in [9.17, 15) is 9.18 Å². The highest BCUT2D eigenvalue weighted by Crippen LogP contribution is 2.42. The molecule has 0 saturated carbocycles. The second kappa shape index (κ2) is 7.13. The van der Waals surface area contributed by atoms with Gasteiger partial charge in [-0.1, -0.05) is 36.4 Å². The quantitative estimate of drug-likeness (QED) is 0.615. The summed E-state index contributed by atoms with van der Waals surface area (Å²) >= 11 is 0. The number of nitrogens with zero attached hydrogens (tertiary/aromatic N) is 1. The standard InChI is InChI=1S/C23H18FNO4/c24-17-9-6-15(7-10-17)13-25-21(16-8-11-19-20(12-16)28-14-27-19)22(23(25)26)29-18-4-2-1-3-5-18/h1-12,21-22H,13-14H2/t21-,22+/m0/s1. The highest BCUT2D eigenvalue weighted by atomic mass is 19.1. The summed E-state index contributed by atoms with van der Waals surface area (Å²) in [6.07, 6.45) is -0.641. The van der Waals surface area contributed by atoms with Gasteiger partial charge in [-0.15, -0.1) is 0 Å². The van der Waals surface area contributed by atoms with Crippen LogP contribution in [0.25, 0.3) is 0 Å². The van der Waals surface area contributed by atoms with Gasteiger partial charge in [-0.05, 0) is 47.5 Å². The number of benzene rings is 3. The lowest BCUT2D eigenvalue weighted by Gasteiger charge is -2.46. The molecule has 29 heavy (non-hydrogen) atoms. The zero-order valence-electron chi connectivity index (χ0n) is 15.5. The molecule has 3 aromatic rings. The Kier molecular flexibility index (Phi) is 4.31. The van der Waals surface area contributed by atoms with Crippen LogP contribution < -0.4 is 14.2 Å². The van der Waals surface area contributed by atoms with Crippen LogP contribution in [0.15, 0.2) is 72.8 Å². The summed E-state index contributed by atoms with van der Waals surface area (Å²) in [5.74, 6) is 1.56. The van der Waals surface area contributed by atoms with Crippen LogP contribution in [0.1, 0.15) is 17.2 Å².